The summed E-state index contributed by atoms with van der Waals surface area (Å²) in [6.07, 6.45) is 0.769. The average molecular weight is 282 g/mol. The van der Waals surface area contributed by atoms with Crippen LogP contribution in [0.25, 0.3) is 0 Å². The van der Waals surface area contributed by atoms with Crippen molar-refractivity contribution in [2.24, 2.45) is 0 Å². The third-order valence-corrected chi connectivity index (χ3v) is 2.49. The van der Waals surface area contributed by atoms with Gasteiger partial charge in [-0.3, -0.25) is 4.79 Å². The smallest absolute Gasteiger partial charge is 0.270 e. The Hall–Kier alpha value is -1.73. The average Bonchev–Trinajstić information content (AvgIpc) is 2.43. The summed E-state index contributed by atoms with van der Waals surface area (Å²) in [6.45, 7) is 4.14. The Morgan fingerprint density at radius 1 is 1.20 bits per heavy atom. The van der Waals surface area contributed by atoms with Crippen molar-refractivity contribution in [3.05, 3.63) is 17.5 Å². The summed E-state index contributed by atoms with van der Waals surface area (Å²) in [5.41, 5.74) is 1.09. The third kappa shape index (κ3) is 5.94. The van der Waals surface area contributed by atoms with Gasteiger partial charge in [0.2, 0.25) is 5.95 Å². The van der Waals surface area contributed by atoms with Crippen molar-refractivity contribution in [3.63, 3.8) is 0 Å². The lowest BCUT2D eigenvalue weighted by atomic mass is 10.3. The van der Waals surface area contributed by atoms with Gasteiger partial charge in [-0.1, -0.05) is 0 Å². The minimum atomic E-state index is -0.207. The van der Waals surface area contributed by atoms with E-state index in [1.54, 1.807) is 20.3 Å². The van der Waals surface area contributed by atoms with Crippen molar-refractivity contribution in [2.75, 3.05) is 45.8 Å². The molecule has 0 radical (unpaired) electrons. The molecular weight excluding hydrogens is 260 g/mol. The molecule has 20 heavy (non-hydrogen) atoms. The highest BCUT2D eigenvalue weighted by atomic mass is 16.5. The highest BCUT2D eigenvalue weighted by Gasteiger charge is 2.09. The van der Waals surface area contributed by atoms with E-state index in [0.29, 0.717) is 37.9 Å². The normalized spacial score (nSPS) is 10.3. The van der Waals surface area contributed by atoms with Crippen LogP contribution >= 0.6 is 0 Å². The van der Waals surface area contributed by atoms with Gasteiger partial charge in [-0.05, 0) is 19.4 Å². The van der Waals surface area contributed by atoms with Crippen molar-refractivity contribution in [3.8, 4) is 0 Å². The molecule has 7 nitrogen and oxygen atoms in total. The summed E-state index contributed by atoms with van der Waals surface area (Å²) in [5.74, 6) is 0.227. The molecule has 0 aromatic carbocycles. The van der Waals surface area contributed by atoms with Gasteiger partial charge in [-0.25, -0.2) is 9.97 Å². The van der Waals surface area contributed by atoms with Gasteiger partial charge in [-0.2, -0.15) is 0 Å². The highest BCUT2D eigenvalue weighted by molar-refractivity contribution is 5.92. The summed E-state index contributed by atoms with van der Waals surface area (Å²) in [7, 11) is 3.26. The zero-order valence-electron chi connectivity index (χ0n) is 12.2. The van der Waals surface area contributed by atoms with Crippen molar-refractivity contribution in [1.29, 1.82) is 0 Å². The van der Waals surface area contributed by atoms with Crippen LogP contribution in [0, 0.1) is 6.92 Å². The summed E-state index contributed by atoms with van der Waals surface area (Å²) in [6, 6.07) is 1.66. The minimum absolute atomic E-state index is 0.207. The second-order valence-electron chi connectivity index (χ2n) is 4.24. The number of amides is 1. The summed E-state index contributed by atoms with van der Waals surface area (Å²) >= 11 is 0. The molecule has 0 aliphatic heterocycles. The summed E-state index contributed by atoms with van der Waals surface area (Å²) in [5, 5.41) is 5.80. The van der Waals surface area contributed by atoms with E-state index in [2.05, 4.69) is 20.6 Å². The third-order valence-electron chi connectivity index (χ3n) is 2.49. The van der Waals surface area contributed by atoms with Crippen LogP contribution in [-0.4, -0.2) is 56.4 Å². The maximum absolute atomic E-state index is 11.9. The first kappa shape index (κ1) is 16.3. The molecule has 1 rings (SSSR count). The van der Waals surface area contributed by atoms with Crippen LogP contribution in [-0.2, 0) is 9.47 Å². The molecule has 0 unspecified atom stereocenters. The maximum atomic E-state index is 11.9. The Labute approximate surface area is 119 Å². The number of carbonyl (C=O) groups excluding carboxylic acids is 1. The molecule has 0 saturated heterocycles. The molecule has 1 heterocycles. The Kier molecular flexibility index (Phi) is 7.52. The van der Waals surface area contributed by atoms with Crippen molar-refractivity contribution in [1.82, 2.24) is 15.3 Å². The monoisotopic (exact) mass is 282 g/mol. The van der Waals surface area contributed by atoms with Gasteiger partial charge in [0, 0.05) is 39.6 Å². The van der Waals surface area contributed by atoms with Gasteiger partial charge in [0.1, 0.15) is 5.69 Å². The van der Waals surface area contributed by atoms with E-state index in [9.17, 15) is 4.79 Å². The lowest BCUT2D eigenvalue weighted by Gasteiger charge is -2.08. The lowest BCUT2D eigenvalue weighted by Crippen LogP contribution is -2.26. The van der Waals surface area contributed by atoms with Gasteiger partial charge in [-0.15, -0.1) is 0 Å². The number of carbonyl (C=O) groups is 1. The van der Waals surface area contributed by atoms with E-state index >= 15 is 0 Å². The molecule has 0 aliphatic carbocycles. The predicted molar refractivity (Wildman–Crippen MR) is 76.0 cm³/mol. The number of hydrogen-bond donors (Lipinski definition) is 2. The molecule has 1 aromatic rings. The molecule has 0 atom stereocenters. The number of aryl methyl sites for hydroxylation is 1. The fourth-order valence-corrected chi connectivity index (χ4v) is 1.54. The van der Waals surface area contributed by atoms with Crippen molar-refractivity contribution >= 4 is 11.9 Å². The molecule has 0 spiro atoms. The molecule has 0 aliphatic rings. The molecule has 7 heteroatoms. The van der Waals surface area contributed by atoms with Crippen LogP contribution in [0.4, 0.5) is 5.95 Å². The molecule has 1 aromatic heterocycles. The largest absolute Gasteiger partial charge is 0.385 e. The van der Waals surface area contributed by atoms with Gasteiger partial charge in [0.25, 0.3) is 5.91 Å². The first-order valence-electron chi connectivity index (χ1n) is 6.53. The highest BCUT2D eigenvalue weighted by Crippen LogP contribution is 2.04. The second-order valence-corrected chi connectivity index (χ2v) is 4.24. The Morgan fingerprint density at radius 3 is 2.65 bits per heavy atom. The van der Waals surface area contributed by atoms with Gasteiger partial charge >= 0.3 is 0 Å². The topological polar surface area (TPSA) is 85.4 Å². The molecule has 2 N–H and O–H groups in total. The van der Waals surface area contributed by atoms with E-state index in [1.807, 2.05) is 6.92 Å². The molecule has 0 saturated carbocycles. The molecular formula is C13H22N4O3. The van der Waals surface area contributed by atoms with E-state index in [1.165, 1.54) is 0 Å². The van der Waals surface area contributed by atoms with Crippen LogP contribution < -0.4 is 10.6 Å². The first-order valence-corrected chi connectivity index (χ1v) is 6.53. The van der Waals surface area contributed by atoms with Crippen LogP contribution in [0.15, 0.2) is 6.07 Å². The number of nitrogens with zero attached hydrogens (tertiary/aromatic N) is 2. The van der Waals surface area contributed by atoms with Crippen LogP contribution in [0.1, 0.15) is 22.6 Å². The number of anilines is 1. The summed E-state index contributed by atoms with van der Waals surface area (Å²) in [4.78, 5) is 20.4. The quantitative estimate of drug-likeness (QED) is 0.645. The molecule has 0 bridgehead atoms. The zero-order valence-corrected chi connectivity index (χ0v) is 12.2. The standard InChI is InChI=1S/C13H22N4O3/c1-10-9-11(12(18)14-5-4-7-19-2)17-13(16-10)15-6-8-20-3/h9H,4-8H2,1-3H3,(H,14,18)(H,15,16,17). The van der Waals surface area contributed by atoms with E-state index in [4.69, 9.17) is 9.47 Å². The van der Waals surface area contributed by atoms with E-state index in [-0.39, 0.29) is 5.91 Å². The summed E-state index contributed by atoms with van der Waals surface area (Å²) < 4.78 is 9.86. The van der Waals surface area contributed by atoms with Crippen molar-refractivity contribution in [2.45, 2.75) is 13.3 Å². The first-order chi connectivity index (χ1) is 9.67. The Morgan fingerprint density at radius 2 is 1.95 bits per heavy atom. The van der Waals surface area contributed by atoms with Gasteiger partial charge in [0.15, 0.2) is 0 Å². The maximum Gasteiger partial charge on any atom is 0.270 e. The fourth-order valence-electron chi connectivity index (χ4n) is 1.54. The number of aromatic nitrogens is 2. The number of nitrogens with one attached hydrogen (secondary N) is 2. The molecule has 112 valence electrons. The van der Waals surface area contributed by atoms with Crippen molar-refractivity contribution < 1.29 is 14.3 Å². The van der Waals surface area contributed by atoms with Crippen LogP contribution in [0.2, 0.25) is 0 Å². The molecule has 1 amide bonds. The number of hydrogen-bond acceptors (Lipinski definition) is 6. The predicted octanol–water partition coefficient (Wildman–Crippen LogP) is 0.610. The minimum Gasteiger partial charge on any atom is -0.385 e. The lowest BCUT2D eigenvalue weighted by molar-refractivity contribution is 0.0943. The number of ether oxygens (including phenoxy) is 2. The van der Waals surface area contributed by atoms with Crippen LogP contribution in [0.3, 0.4) is 0 Å². The van der Waals surface area contributed by atoms with E-state index < -0.39 is 0 Å². The molecule has 0 fully saturated rings. The fraction of sp³-hybridized carbons (Fsp3) is 0.615. The Balaban J connectivity index is 2.57. The number of rotatable bonds is 9. The van der Waals surface area contributed by atoms with E-state index in [0.717, 1.165) is 12.1 Å². The van der Waals surface area contributed by atoms with Crippen LogP contribution in [0.5, 0.6) is 0 Å². The SMILES string of the molecule is COCCCNC(=O)c1cc(C)nc(NCCOC)n1. The zero-order chi connectivity index (χ0) is 14.8. The Bertz CT molecular complexity index is 426. The second kappa shape index (κ2) is 9.22. The number of methoxy groups -OCH3 is 2. The van der Waals surface area contributed by atoms with Gasteiger partial charge < -0.3 is 20.1 Å². The van der Waals surface area contributed by atoms with Gasteiger partial charge in [0.05, 0.1) is 6.61 Å².